The molecule has 1 fully saturated rings. The SMILES string of the molecule is O=C(ON(C1CC(CCc2ccc3c(n2)NCCC3)C1)[C@@H](CCO)C(=O)O)c1ccc(Cl)c(Cl)c1. The number of anilines is 1. The Morgan fingerprint density at radius 1 is 1.20 bits per heavy atom. The quantitative estimate of drug-likeness (QED) is 0.395. The van der Waals surface area contributed by atoms with Crippen molar-refractivity contribution in [1.29, 1.82) is 0 Å². The van der Waals surface area contributed by atoms with Crippen LogP contribution in [0.3, 0.4) is 0 Å². The van der Waals surface area contributed by atoms with Gasteiger partial charge >= 0.3 is 11.9 Å². The molecule has 1 aliphatic carbocycles. The molecule has 0 saturated heterocycles. The van der Waals surface area contributed by atoms with Crippen molar-refractivity contribution < 1.29 is 24.6 Å². The summed E-state index contributed by atoms with van der Waals surface area (Å²) < 4.78 is 0. The lowest BCUT2D eigenvalue weighted by Crippen LogP contribution is -2.53. The second kappa shape index (κ2) is 11.6. The lowest BCUT2D eigenvalue weighted by atomic mass is 9.76. The number of aryl methyl sites for hydroxylation is 2. The number of pyridine rings is 1. The van der Waals surface area contributed by atoms with Crippen LogP contribution < -0.4 is 5.32 Å². The van der Waals surface area contributed by atoms with Crippen LogP contribution in [0.4, 0.5) is 5.82 Å². The van der Waals surface area contributed by atoms with Crippen molar-refractivity contribution in [2.75, 3.05) is 18.5 Å². The third kappa shape index (κ3) is 6.25. The predicted molar refractivity (Wildman–Crippen MR) is 133 cm³/mol. The van der Waals surface area contributed by atoms with E-state index >= 15 is 0 Å². The van der Waals surface area contributed by atoms with Crippen molar-refractivity contribution in [3.8, 4) is 0 Å². The summed E-state index contributed by atoms with van der Waals surface area (Å²) in [7, 11) is 0. The number of carboxylic acids is 1. The van der Waals surface area contributed by atoms with E-state index in [2.05, 4.69) is 17.4 Å². The smallest absolute Gasteiger partial charge is 0.357 e. The molecule has 1 aromatic carbocycles. The Morgan fingerprint density at radius 3 is 2.71 bits per heavy atom. The number of aromatic nitrogens is 1. The van der Waals surface area contributed by atoms with Crippen molar-refractivity contribution in [2.45, 2.75) is 57.0 Å². The summed E-state index contributed by atoms with van der Waals surface area (Å²) in [6, 6.07) is 7.16. The highest BCUT2D eigenvalue weighted by Gasteiger charge is 2.41. The highest BCUT2D eigenvalue weighted by Crippen LogP contribution is 2.37. The molecule has 1 saturated carbocycles. The number of hydrogen-bond acceptors (Lipinski definition) is 7. The zero-order valence-corrected chi connectivity index (χ0v) is 20.8. The molecule has 2 aliphatic rings. The minimum atomic E-state index is -1.16. The number of hydroxylamine groups is 2. The molecule has 1 aromatic heterocycles. The van der Waals surface area contributed by atoms with E-state index in [-0.39, 0.29) is 29.7 Å². The molecule has 188 valence electrons. The average Bonchev–Trinajstić information content (AvgIpc) is 2.82. The monoisotopic (exact) mass is 521 g/mol. The van der Waals surface area contributed by atoms with Crippen molar-refractivity contribution in [1.82, 2.24) is 10.0 Å². The van der Waals surface area contributed by atoms with Gasteiger partial charge in [-0.15, -0.1) is 5.06 Å². The topological polar surface area (TPSA) is 112 Å². The largest absolute Gasteiger partial charge is 0.480 e. The van der Waals surface area contributed by atoms with Crippen LogP contribution in [-0.4, -0.2) is 57.4 Å². The Morgan fingerprint density at radius 2 is 2.00 bits per heavy atom. The number of aliphatic hydroxyl groups excluding tert-OH is 1. The molecule has 2 aromatic rings. The number of rotatable bonds is 10. The molecule has 0 radical (unpaired) electrons. The first-order chi connectivity index (χ1) is 16.9. The molecular weight excluding hydrogens is 493 g/mol. The molecule has 0 unspecified atom stereocenters. The number of benzene rings is 1. The van der Waals surface area contributed by atoms with Gasteiger partial charge in [-0.1, -0.05) is 29.3 Å². The van der Waals surface area contributed by atoms with Gasteiger partial charge in [0.15, 0.2) is 0 Å². The van der Waals surface area contributed by atoms with E-state index in [4.69, 9.17) is 33.0 Å². The third-order valence-corrected chi connectivity index (χ3v) is 7.41. The zero-order chi connectivity index (χ0) is 24.9. The average molecular weight is 522 g/mol. The Kier molecular flexibility index (Phi) is 8.49. The predicted octanol–water partition coefficient (Wildman–Crippen LogP) is 4.37. The van der Waals surface area contributed by atoms with E-state index < -0.39 is 18.0 Å². The number of hydrogen-bond donors (Lipinski definition) is 3. The molecule has 1 atom stereocenters. The fourth-order valence-corrected chi connectivity index (χ4v) is 4.95. The van der Waals surface area contributed by atoms with Gasteiger partial charge in [-0.3, -0.25) is 4.79 Å². The number of aliphatic carboxylic acids is 1. The van der Waals surface area contributed by atoms with Gasteiger partial charge in [0, 0.05) is 24.9 Å². The van der Waals surface area contributed by atoms with E-state index in [1.54, 1.807) is 0 Å². The van der Waals surface area contributed by atoms with Gasteiger partial charge in [-0.2, -0.15) is 0 Å². The minimum Gasteiger partial charge on any atom is -0.480 e. The standard InChI is InChI=1S/C25H29Cl2N3O5/c26-20-8-5-17(14-21(20)27)25(34)35-30(22(9-11-31)24(32)33)19-12-15(13-19)3-6-18-7-4-16-2-1-10-28-23(16)29-18/h4-5,7-8,14-15,19,22,31H,1-3,6,9-13H2,(H,28,29)(H,32,33)/t15?,19?,22-/m0/s1. The van der Waals surface area contributed by atoms with Crippen molar-refractivity contribution in [2.24, 2.45) is 5.92 Å². The molecule has 0 amide bonds. The fraction of sp³-hybridized carbons (Fsp3) is 0.480. The maximum absolute atomic E-state index is 12.8. The number of fused-ring (bicyclic) bond motifs is 1. The summed E-state index contributed by atoms with van der Waals surface area (Å²) in [6.45, 7) is 0.606. The van der Waals surface area contributed by atoms with E-state index in [1.807, 2.05) is 0 Å². The van der Waals surface area contributed by atoms with Crippen molar-refractivity contribution in [3.63, 3.8) is 0 Å². The van der Waals surface area contributed by atoms with Gasteiger partial charge in [0.2, 0.25) is 0 Å². The highest BCUT2D eigenvalue weighted by molar-refractivity contribution is 6.42. The summed E-state index contributed by atoms with van der Waals surface area (Å²) in [6.07, 6.45) is 5.23. The maximum atomic E-state index is 12.8. The molecule has 0 bridgehead atoms. The number of nitrogens with zero attached hydrogens (tertiary/aromatic N) is 2. The molecular formula is C25H29Cl2N3O5. The number of carboxylic acid groups (broad SMARTS) is 1. The van der Waals surface area contributed by atoms with Gasteiger partial charge in [0.25, 0.3) is 0 Å². The summed E-state index contributed by atoms with van der Waals surface area (Å²) in [5, 5.41) is 24.2. The van der Waals surface area contributed by atoms with Gasteiger partial charge in [0.05, 0.1) is 15.6 Å². The molecule has 3 N–H and O–H groups in total. The van der Waals surface area contributed by atoms with Crippen molar-refractivity contribution in [3.05, 3.63) is 57.2 Å². The van der Waals surface area contributed by atoms with Crippen LogP contribution in [0.5, 0.6) is 0 Å². The van der Waals surface area contributed by atoms with E-state index in [1.165, 1.54) is 28.8 Å². The third-order valence-electron chi connectivity index (χ3n) is 6.67. The van der Waals surface area contributed by atoms with E-state index in [0.717, 1.165) is 43.7 Å². The number of carbonyl (C=O) groups is 2. The Hall–Kier alpha value is -2.39. The Balaban J connectivity index is 1.38. The first-order valence-corrected chi connectivity index (χ1v) is 12.6. The molecule has 2 heterocycles. The molecule has 35 heavy (non-hydrogen) atoms. The van der Waals surface area contributed by atoms with Gasteiger partial charge in [-0.05, 0) is 80.7 Å². The summed E-state index contributed by atoms with van der Waals surface area (Å²) >= 11 is 11.9. The summed E-state index contributed by atoms with van der Waals surface area (Å²) in [5.41, 5.74) is 2.46. The van der Waals surface area contributed by atoms with Crippen LogP contribution >= 0.6 is 23.2 Å². The van der Waals surface area contributed by atoms with Gasteiger partial charge in [-0.25, -0.2) is 9.78 Å². The molecule has 10 heteroatoms. The van der Waals surface area contributed by atoms with Crippen LogP contribution in [-0.2, 0) is 22.5 Å². The van der Waals surface area contributed by atoms with Crippen molar-refractivity contribution >= 4 is 41.0 Å². The second-order valence-corrected chi connectivity index (χ2v) is 9.92. The first kappa shape index (κ1) is 25.7. The number of carbonyl (C=O) groups excluding carboxylic acids is 1. The lowest BCUT2D eigenvalue weighted by molar-refractivity contribution is -0.204. The van der Waals surface area contributed by atoms with Crippen LogP contribution in [0.2, 0.25) is 10.0 Å². The second-order valence-electron chi connectivity index (χ2n) is 9.10. The maximum Gasteiger partial charge on any atom is 0.357 e. The molecule has 1 aliphatic heterocycles. The molecule has 4 rings (SSSR count). The highest BCUT2D eigenvalue weighted by atomic mass is 35.5. The number of nitrogens with one attached hydrogen (secondary N) is 1. The van der Waals surface area contributed by atoms with Crippen LogP contribution in [0.1, 0.15) is 53.7 Å². The summed E-state index contributed by atoms with van der Waals surface area (Å²) in [5.74, 6) is -0.536. The van der Waals surface area contributed by atoms with E-state index in [9.17, 15) is 19.8 Å². The number of halogens is 2. The van der Waals surface area contributed by atoms with Crippen LogP contribution in [0.15, 0.2) is 30.3 Å². The molecule has 0 spiro atoms. The fourth-order valence-electron chi connectivity index (χ4n) is 4.65. The first-order valence-electron chi connectivity index (χ1n) is 11.9. The molecule has 8 nitrogen and oxygen atoms in total. The number of aliphatic hydroxyl groups is 1. The summed E-state index contributed by atoms with van der Waals surface area (Å²) in [4.78, 5) is 35.0. The minimum absolute atomic E-state index is 0.0583. The normalized spacial score (nSPS) is 19.9. The Labute approximate surface area is 214 Å². The zero-order valence-electron chi connectivity index (χ0n) is 19.3. The van der Waals surface area contributed by atoms with Crippen LogP contribution in [0, 0.1) is 5.92 Å². The van der Waals surface area contributed by atoms with Crippen LogP contribution in [0.25, 0.3) is 0 Å². The van der Waals surface area contributed by atoms with Gasteiger partial charge in [0.1, 0.15) is 11.9 Å². The van der Waals surface area contributed by atoms with E-state index in [0.29, 0.717) is 23.8 Å². The lowest BCUT2D eigenvalue weighted by Gasteiger charge is -2.43. The Bertz CT molecular complexity index is 1080. The van der Waals surface area contributed by atoms with Gasteiger partial charge < -0.3 is 20.4 Å².